The lowest BCUT2D eigenvalue weighted by Gasteiger charge is -2.10. The molecule has 4 heterocycles. The lowest BCUT2D eigenvalue weighted by Crippen LogP contribution is -1.99. The van der Waals surface area contributed by atoms with E-state index in [2.05, 4.69) is 103 Å². The van der Waals surface area contributed by atoms with Crippen LogP contribution in [0.15, 0.2) is 180 Å². The maximum absolute atomic E-state index is 6.38. The van der Waals surface area contributed by atoms with E-state index in [0.29, 0.717) is 17.5 Å². The summed E-state index contributed by atoms with van der Waals surface area (Å²) in [6, 6.07) is 62.1. The summed E-state index contributed by atoms with van der Waals surface area (Å²) in [6.07, 6.45) is 0. The average molecular weight is 764 g/mol. The van der Waals surface area contributed by atoms with Gasteiger partial charge in [0.15, 0.2) is 17.5 Å². The number of aromatic nitrogens is 3. The van der Waals surface area contributed by atoms with Gasteiger partial charge in [0.2, 0.25) is 0 Å². The van der Waals surface area contributed by atoms with Crippen LogP contribution in [0.4, 0.5) is 0 Å². The predicted octanol–water partition coefficient (Wildman–Crippen LogP) is 14.8. The van der Waals surface area contributed by atoms with Gasteiger partial charge in [-0.1, -0.05) is 133 Å². The molecular formula is C51H29N3OS2. The second-order valence-electron chi connectivity index (χ2n) is 14.3. The number of nitrogens with zero attached hydrogens (tertiary/aromatic N) is 3. The van der Waals surface area contributed by atoms with Gasteiger partial charge < -0.3 is 4.42 Å². The smallest absolute Gasteiger partial charge is 0.164 e. The molecule has 4 nitrogen and oxygen atoms in total. The van der Waals surface area contributed by atoms with Gasteiger partial charge in [-0.25, -0.2) is 15.0 Å². The minimum atomic E-state index is 0.656. The maximum atomic E-state index is 6.38. The van der Waals surface area contributed by atoms with Crippen LogP contribution in [0.1, 0.15) is 0 Å². The maximum Gasteiger partial charge on any atom is 0.164 e. The average Bonchev–Trinajstić information content (AvgIpc) is 3.97. The van der Waals surface area contributed by atoms with Crippen molar-refractivity contribution in [3.05, 3.63) is 176 Å². The number of rotatable bonds is 5. The molecule has 57 heavy (non-hydrogen) atoms. The Labute approximate surface area is 335 Å². The first-order valence-corrected chi connectivity index (χ1v) is 20.6. The highest BCUT2D eigenvalue weighted by molar-refractivity contribution is 7.27. The van der Waals surface area contributed by atoms with Crippen molar-refractivity contribution >= 4 is 85.0 Å². The standard InChI is InChI=1S/C51H29N3OS2/c1-3-12-30(13-4-1)49-52-50(31-14-5-2-6-15-31)54-51(53-49)33-23-25-39-40-19-11-18-35(47(40)57-46(39)29-33)34-26-41(48-42(27-34)38-17-8-10-21-45(38)56-48)32-22-24-37-36-16-7-9-20-43(36)55-44(37)28-32/h1-29H. The van der Waals surface area contributed by atoms with Crippen molar-refractivity contribution in [2.75, 3.05) is 0 Å². The van der Waals surface area contributed by atoms with Crippen molar-refractivity contribution < 1.29 is 4.42 Å². The summed E-state index contributed by atoms with van der Waals surface area (Å²) in [7, 11) is 0. The Bertz CT molecular complexity index is 3470. The zero-order valence-electron chi connectivity index (χ0n) is 30.3. The largest absolute Gasteiger partial charge is 0.456 e. The summed E-state index contributed by atoms with van der Waals surface area (Å²) < 4.78 is 11.4. The fourth-order valence-corrected chi connectivity index (χ4v) is 10.7. The van der Waals surface area contributed by atoms with Crippen LogP contribution in [0.25, 0.3) is 119 Å². The molecule has 0 spiro atoms. The van der Waals surface area contributed by atoms with Crippen LogP contribution < -0.4 is 0 Å². The van der Waals surface area contributed by atoms with Gasteiger partial charge in [-0.15, -0.1) is 22.7 Å². The topological polar surface area (TPSA) is 51.8 Å². The van der Waals surface area contributed by atoms with Crippen LogP contribution in [0, 0.1) is 0 Å². The lowest BCUT2D eigenvalue weighted by atomic mass is 9.94. The monoisotopic (exact) mass is 763 g/mol. The van der Waals surface area contributed by atoms with E-state index in [0.717, 1.165) is 44.2 Å². The highest BCUT2D eigenvalue weighted by atomic mass is 32.1. The Morgan fingerprint density at radius 3 is 1.68 bits per heavy atom. The molecule has 0 radical (unpaired) electrons. The summed E-state index contributed by atoms with van der Waals surface area (Å²) in [4.78, 5) is 14.9. The number of hydrogen-bond donors (Lipinski definition) is 0. The third kappa shape index (κ3) is 5.30. The molecule has 6 heteroatoms. The first-order valence-electron chi connectivity index (χ1n) is 18.9. The number of para-hydroxylation sites is 1. The van der Waals surface area contributed by atoms with Crippen molar-refractivity contribution in [3.63, 3.8) is 0 Å². The van der Waals surface area contributed by atoms with Gasteiger partial charge in [0.25, 0.3) is 0 Å². The van der Waals surface area contributed by atoms with E-state index in [1.54, 1.807) is 0 Å². The third-order valence-electron chi connectivity index (χ3n) is 10.9. The molecule has 0 unspecified atom stereocenters. The van der Waals surface area contributed by atoms with Gasteiger partial charge in [-0.2, -0.15) is 0 Å². The van der Waals surface area contributed by atoms with Crippen LogP contribution in [-0.2, 0) is 0 Å². The SMILES string of the molecule is c1ccc(-c2nc(-c3ccccc3)nc(-c3ccc4c(c3)sc3c(-c5cc(-c6ccc7c(c6)oc6ccccc67)c6sc7ccccc7c6c5)cccc34)n2)cc1. The number of furan rings is 1. The van der Waals surface area contributed by atoms with Crippen LogP contribution in [0.2, 0.25) is 0 Å². The van der Waals surface area contributed by atoms with E-state index in [4.69, 9.17) is 19.4 Å². The van der Waals surface area contributed by atoms with Crippen molar-refractivity contribution in [2.45, 2.75) is 0 Å². The summed E-state index contributed by atoms with van der Waals surface area (Å²) in [6.45, 7) is 0. The number of hydrogen-bond acceptors (Lipinski definition) is 6. The molecule has 12 aromatic rings. The quantitative estimate of drug-likeness (QED) is 0.175. The van der Waals surface area contributed by atoms with Gasteiger partial charge >= 0.3 is 0 Å². The van der Waals surface area contributed by atoms with E-state index < -0.39 is 0 Å². The fraction of sp³-hybridized carbons (Fsp3) is 0. The highest BCUT2D eigenvalue weighted by Crippen LogP contribution is 2.47. The van der Waals surface area contributed by atoms with Gasteiger partial charge in [0.1, 0.15) is 11.2 Å². The van der Waals surface area contributed by atoms with Crippen molar-refractivity contribution in [1.29, 1.82) is 0 Å². The Hall–Kier alpha value is -6.99. The minimum absolute atomic E-state index is 0.656. The molecule has 0 N–H and O–H groups in total. The molecule has 8 aromatic carbocycles. The lowest BCUT2D eigenvalue weighted by molar-refractivity contribution is 0.669. The first-order chi connectivity index (χ1) is 28.2. The van der Waals surface area contributed by atoms with Crippen LogP contribution in [-0.4, -0.2) is 15.0 Å². The Kier molecular flexibility index (Phi) is 7.24. The number of fused-ring (bicyclic) bond motifs is 9. The molecule has 12 rings (SSSR count). The van der Waals surface area contributed by atoms with Gasteiger partial charge in [-0.05, 0) is 59.2 Å². The van der Waals surface area contributed by atoms with E-state index in [1.165, 1.54) is 57.0 Å². The molecule has 0 bridgehead atoms. The van der Waals surface area contributed by atoms with Gasteiger partial charge in [0, 0.05) is 73.4 Å². The zero-order valence-corrected chi connectivity index (χ0v) is 31.9. The summed E-state index contributed by atoms with van der Waals surface area (Å²) in [5, 5.41) is 7.29. The van der Waals surface area contributed by atoms with Crippen molar-refractivity contribution in [2.24, 2.45) is 0 Å². The van der Waals surface area contributed by atoms with E-state index in [1.807, 2.05) is 95.5 Å². The molecule has 0 fully saturated rings. The molecular weight excluding hydrogens is 735 g/mol. The fourth-order valence-electron chi connectivity index (χ4n) is 8.19. The summed E-state index contributed by atoms with van der Waals surface area (Å²) >= 11 is 3.69. The Balaban J connectivity index is 1.03. The molecule has 0 amide bonds. The summed E-state index contributed by atoms with van der Waals surface area (Å²) in [5.74, 6) is 1.97. The van der Waals surface area contributed by atoms with Crippen molar-refractivity contribution in [1.82, 2.24) is 15.0 Å². The third-order valence-corrected chi connectivity index (χ3v) is 13.4. The molecule has 0 aliphatic rings. The summed E-state index contributed by atoms with van der Waals surface area (Å²) in [5.41, 5.74) is 9.46. The first kappa shape index (κ1) is 32.3. The van der Waals surface area contributed by atoms with E-state index in [-0.39, 0.29) is 0 Å². The van der Waals surface area contributed by atoms with Crippen LogP contribution in [0.5, 0.6) is 0 Å². The van der Waals surface area contributed by atoms with E-state index in [9.17, 15) is 0 Å². The van der Waals surface area contributed by atoms with Gasteiger partial charge in [0.05, 0.1) is 0 Å². The van der Waals surface area contributed by atoms with Crippen LogP contribution in [0.3, 0.4) is 0 Å². The molecule has 0 saturated carbocycles. The highest BCUT2D eigenvalue weighted by Gasteiger charge is 2.19. The minimum Gasteiger partial charge on any atom is -0.456 e. The molecule has 0 aliphatic carbocycles. The normalized spacial score (nSPS) is 11.9. The van der Waals surface area contributed by atoms with E-state index >= 15 is 0 Å². The molecule has 0 atom stereocenters. The second kappa shape index (κ2) is 12.8. The molecule has 0 aliphatic heterocycles. The second-order valence-corrected chi connectivity index (χ2v) is 16.4. The zero-order chi connectivity index (χ0) is 37.5. The molecule has 0 saturated heterocycles. The number of thiophene rings is 2. The van der Waals surface area contributed by atoms with Crippen molar-refractivity contribution in [3.8, 4) is 56.4 Å². The Morgan fingerprint density at radius 1 is 0.316 bits per heavy atom. The Morgan fingerprint density at radius 2 is 0.895 bits per heavy atom. The molecule has 266 valence electrons. The van der Waals surface area contributed by atoms with Gasteiger partial charge in [-0.3, -0.25) is 0 Å². The molecule has 4 aromatic heterocycles. The predicted molar refractivity (Wildman–Crippen MR) is 240 cm³/mol. The number of benzene rings is 8. The van der Waals surface area contributed by atoms with Crippen LogP contribution >= 0.6 is 22.7 Å².